The molecule has 1 aromatic rings. The predicted octanol–water partition coefficient (Wildman–Crippen LogP) is 0.967. The Morgan fingerprint density at radius 1 is 1.47 bits per heavy atom. The number of nitrogens with two attached hydrogens (primary N) is 1. The molecule has 1 aliphatic rings. The van der Waals surface area contributed by atoms with E-state index in [1.807, 2.05) is 0 Å². The summed E-state index contributed by atoms with van der Waals surface area (Å²) in [5, 5.41) is 6.51. The number of anilines is 2. The topological polar surface area (TPSA) is 63.0 Å². The van der Waals surface area contributed by atoms with Crippen LogP contribution in [-0.2, 0) is 0 Å². The first-order valence-corrected chi connectivity index (χ1v) is 5.14. The van der Waals surface area contributed by atoms with Gasteiger partial charge < -0.3 is 16.4 Å². The lowest BCUT2D eigenvalue weighted by molar-refractivity contribution is 0.478. The van der Waals surface area contributed by atoms with E-state index in [2.05, 4.69) is 15.6 Å². The fourth-order valence-electron chi connectivity index (χ4n) is 1.74. The van der Waals surface area contributed by atoms with Crippen LogP contribution in [0, 0.1) is 5.82 Å². The van der Waals surface area contributed by atoms with Crippen LogP contribution >= 0.6 is 0 Å². The van der Waals surface area contributed by atoms with Crippen LogP contribution in [-0.4, -0.2) is 24.1 Å². The van der Waals surface area contributed by atoms with Crippen molar-refractivity contribution in [2.75, 3.05) is 24.1 Å². The van der Waals surface area contributed by atoms with Crippen LogP contribution in [0.3, 0.4) is 0 Å². The van der Waals surface area contributed by atoms with Gasteiger partial charge in [0, 0.05) is 12.1 Å². The zero-order valence-electron chi connectivity index (χ0n) is 8.46. The molecular formula is C10H15FN4. The quantitative estimate of drug-likeness (QED) is 0.680. The SMILES string of the molecule is Nc1cc(F)cnc1NC1CCNCC1. The lowest BCUT2D eigenvalue weighted by atomic mass is 10.1. The van der Waals surface area contributed by atoms with Gasteiger partial charge in [0.15, 0.2) is 0 Å². The van der Waals surface area contributed by atoms with Crippen molar-refractivity contribution in [2.45, 2.75) is 18.9 Å². The predicted molar refractivity (Wildman–Crippen MR) is 58.1 cm³/mol. The number of nitrogens with zero attached hydrogens (tertiary/aromatic N) is 1. The summed E-state index contributed by atoms with van der Waals surface area (Å²) in [6.45, 7) is 2.00. The summed E-state index contributed by atoms with van der Waals surface area (Å²) in [7, 11) is 0. The number of nitrogens with one attached hydrogen (secondary N) is 2. The minimum Gasteiger partial charge on any atom is -0.396 e. The van der Waals surface area contributed by atoms with Gasteiger partial charge in [0.25, 0.3) is 0 Å². The molecule has 0 bridgehead atoms. The summed E-state index contributed by atoms with van der Waals surface area (Å²) in [5.41, 5.74) is 6.03. The van der Waals surface area contributed by atoms with Crippen LogP contribution in [0.25, 0.3) is 0 Å². The highest BCUT2D eigenvalue weighted by Crippen LogP contribution is 2.18. The van der Waals surface area contributed by atoms with E-state index in [-0.39, 0.29) is 0 Å². The van der Waals surface area contributed by atoms with Gasteiger partial charge in [-0.05, 0) is 25.9 Å². The van der Waals surface area contributed by atoms with E-state index in [0.717, 1.165) is 25.9 Å². The number of hydrogen-bond acceptors (Lipinski definition) is 4. The molecule has 0 atom stereocenters. The third-order valence-corrected chi connectivity index (χ3v) is 2.56. The van der Waals surface area contributed by atoms with Gasteiger partial charge in [-0.15, -0.1) is 0 Å². The van der Waals surface area contributed by atoms with E-state index in [1.165, 1.54) is 12.3 Å². The van der Waals surface area contributed by atoms with E-state index in [1.54, 1.807) is 0 Å². The van der Waals surface area contributed by atoms with E-state index < -0.39 is 5.82 Å². The van der Waals surface area contributed by atoms with Crippen molar-refractivity contribution in [1.82, 2.24) is 10.3 Å². The van der Waals surface area contributed by atoms with Crippen molar-refractivity contribution < 1.29 is 4.39 Å². The summed E-state index contributed by atoms with van der Waals surface area (Å²) in [6, 6.07) is 1.67. The largest absolute Gasteiger partial charge is 0.396 e. The minimum absolute atomic E-state index is 0.369. The van der Waals surface area contributed by atoms with Crippen LogP contribution in [0.1, 0.15) is 12.8 Å². The smallest absolute Gasteiger partial charge is 0.149 e. The maximum Gasteiger partial charge on any atom is 0.149 e. The van der Waals surface area contributed by atoms with Gasteiger partial charge in [0.1, 0.15) is 11.6 Å². The molecule has 2 heterocycles. The molecule has 15 heavy (non-hydrogen) atoms. The number of pyridine rings is 1. The standard InChI is InChI=1S/C10H15FN4/c11-7-5-9(12)10(14-6-7)15-8-1-3-13-4-2-8/h5-6,8,13H,1-4,12H2,(H,14,15). The molecule has 0 unspecified atom stereocenters. The van der Waals surface area contributed by atoms with Crippen molar-refractivity contribution in [2.24, 2.45) is 0 Å². The summed E-state index contributed by atoms with van der Waals surface area (Å²) < 4.78 is 12.7. The average molecular weight is 210 g/mol. The molecule has 4 N–H and O–H groups in total. The number of hydrogen-bond donors (Lipinski definition) is 3. The van der Waals surface area contributed by atoms with Crippen molar-refractivity contribution in [3.8, 4) is 0 Å². The van der Waals surface area contributed by atoms with E-state index in [9.17, 15) is 4.39 Å². The van der Waals surface area contributed by atoms with Crippen LogP contribution in [0.5, 0.6) is 0 Å². The van der Waals surface area contributed by atoms with Gasteiger partial charge in [-0.1, -0.05) is 0 Å². The number of nitrogen functional groups attached to an aromatic ring is 1. The normalized spacial score (nSPS) is 17.7. The number of halogens is 1. The maximum atomic E-state index is 12.7. The Labute approximate surface area is 88.1 Å². The molecule has 0 saturated carbocycles. The molecular weight excluding hydrogens is 195 g/mol. The van der Waals surface area contributed by atoms with Gasteiger partial charge in [-0.3, -0.25) is 0 Å². The molecule has 1 aromatic heterocycles. The van der Waals surface area contributed by atoms with E-state index in [4.69, 9.17) is 5.73 Å². The second-order valence-electron chi connectivity index (χ2n) is 3.76. The Kier molecular flexibility index (Phi) is 3.01. The van der Waals surface area contributed by atoms with E-state index in [0.29, 0.717) is 17.5 Å². The lowest BCUT2D eigenvalue weighted by Gasteiger charge is -2.24. The first kappa shape index (κ1) is 10.2. The molecule has 0 radical (unpaired) electrons. The first-order chi connectivity index (χ1) is 7.25. The minimum atomic E-state index is -0.400. The molecule has 2 rings (SSSR count). The summed E-state index contributed by atoms with van der Waals surface area (Å²) in [5.74, 6) is 0.187. The van der Waals surface area contributed by atoms with Crippen molar-refractivity contribution >= 4 is 11.5 Å². The summed E-state index contributed by atoms with van der Waals surface area (Å²) in [6.07, 6.45) is 3.26. The zero-order valence-corrected chi connectivity index (χ0v) is 8.46. The van der Waals surface area contributed by atoms with Gasteiger partial charge in [0.05, 0.1) is 11.9 Å². The second kappa shape index (κ2) is 4.44. The van der Waals surface area contributed by atoms with Gasteiger partial charge in [-0.2, -0.15) is 0 Å². The molecule has 0 aromatic carbocycles. The third-order valence-electron chi connectivity index (χ3n) is 2.56. The van der Waals surface area contributed by atoms with Crippen molar-refractivity contribution in [1.29, 1.82) is 0 Å². The molecule has 1 saturated heterocycles. The highest BCUT2D eigenvalue weighted by molar-refractivity contribution is 5.61. The van der Waals surface area contributed by atoms with Crippen LogP contribution in [0.15, 0.2) is 12.3 Å². The van der Waals surface area contributed by atoms with Crippen molar-refractivity contribution in [3.05, 3.63) is 18.1 Å². The monoisotopic (exact) mass is 210 g/mol. The Balaban J connectivity index is 2.03. The van der Waals surface area contributed by atoms with Gasteiger partial charge in [-0.25, -0.2) is 9.37 Å². The Morgan fingerprint density at radius 2 is 2.20 bits per heavy atom. The van der Waals surface area contributed by atoms with Crippen LogP contribution < -0.4 is 16.4 Å². The molecule has 0 spiro atoms. The van der Waals surface area contributed by atoms with Crippen molar-refractivity contribution in [3.63, 3.8) is 0 Å². The molecule has 0 amide bonds. The van der Waals surface area contributed by atoms with E-state index >= 15 is 0 Å². The van der Waals surface area contributed by atoms with Crippen LogP contribution in [0.2, 0.25) is 0 Å². The molecule has 4 nitrogen and oxygen atoms in total. The molecule has 82 valence electrons. The number of rotatable bonds is 2. The maximum absolute atomic E-state index is 12.7. The fourth-order valence-corrected chi connectivity index (χ4v) is 1.74. The number of aromatic nitrogens is 1. The molecule has 5 heteroatoms. The number of piperidine rings is 1. The Bertz CT molecular complexity index is 336. The summed E-state index contributed by atoms with van der Waals surface area (Å²) in [4.78, 5) is 3.94. The molecule has 1 aliphatic heterocycles. The third kappa shape index (κ3) is 2.56. The van der Waals surface area contributed by atoms with Crippen LogP contribution in [0.4, 0.5) is 15.9 Å². The Morgan fingerprint density at radius 3 is 2.87 bits per heavy atom. The lowest BCUT2D eigenvalue weighted by Crippen LogP contribution is -2.35. The van der Waals surface area contributed by atoms with Gasteiger partial charge in [0.2, 0.25) is 0 Å². The first-order valence-electron chi connectivity index (χ1n) is 5.14. The second-order valence-corrected chi connectivity index (χ2v) is 3.76. The Hall–Kier alpha value is -1.36. The molecule has 0 aliphatic carbocycles. The van der Waals surface area contributed by atoms with Gasteiger partial charge >= 0.3 is 0 Å². The highest BCUT2D eigenvalue weighted by Gasteiger charge is 2.14. The average Bonchev–Trinajstić information content (AvgIpc) is 2.24. The zero-order chi connectivity index (χ0) is 10.7. The molecule has 1 fully saturated rings. The highest BCUT2D eigenvalue weighted by atomic mass is 19.1. The fraction of sp³-hybridized carbons (Fsp3) is 0.500. The summed E-state index contributed by atoms with van der Waals surface area (Å²) >= 11 is 0.